The van der Waals surface area contributed by atoms with E-state index in [2.05, 4.69) is 55.9 Å². The van der Waals surface area contributed by atoms with Gasteiger partial charge in [0, 0.05) is 40.4 Å². The lowest BCUT2D eigenvalue weighted by atomic mass is 9.88. The van der Waals surface area contributed by atoms with E-state index in [1.54, 1.807) is 12.1 Å². The van der Waals surface area contributed by atoms with E-state index in [-0.39, 0.29) is 51.4 Å². The molecule has 0 fully saturated rings. The number of carbonyl (C=O) groups excluding carboxylic acids is 4. The number of imide groups is 2. The Morgan fingerprint density at radius 3 is 1.24 bits per heavy atom. The molecule has 8 nitrogen and oxygen atoms in total. The van der Waals surface area contributed by atoms with Gasteiger partial charge < -0.3 is 25.9 Å². The zero-order valence-electron chi connectivity index (χ0n) is 30.6. The minimum atomic E-state index is -0.254. The summed E-state index contributed by atoms with van der Waals surface area (Å²) in [6.07, 6.45) is 4.51. The first-order chi connectivity index (χ1) is 22.4. The summed E-state index contributed by atoms with van der Waals surface area (Å²) in [6, 6.07) is 18.4. The minimum Gasteiger partial charge on any atom is -1.00 e. The Balaban J connectivity index is 0.00000541. The number of carbonyl (C=O) groups is 4. The van der Waals surface area contributed by atoms with Gasteiger partial charge in [0.2, 0.25) is 0 Å². The first-order valence-corrected chi connectivity index (χ1v) is 17.4. The van der Waals surface area contributed by atoms with Crippen molar-refractivity contribution >= 4 is 34.4 Å². The third-order valence-electron chi connectivity index (χ3n) is 9.90. The highest BCUT2D eigenvalue weighted by molar-refractivity contribution is 6.25. The molecule has 0 aliphatic carbocycles. The monoisotopic (exact) mass is 733 g/mol. The van der Waals surface area contributed by atoms with Crippen molar-refractivity contribution in [2.75, 3.05) is 67.5 Å². The van der Waals surface area contributed by atoms with E-state index in [0.29, 0.717) is 35.3 Å². The van der Waals surface area contributed by atoms with Crippen LogP contribution >= 0.6 is 0 Å². The second-order valence-corrected chi connectivity index (χ2v) is 17.0. The van der Waals surface area contributed by atoms with Gasteiger partial charge in [-0.05, 0) is 55.3 Å². The van der Waals surface area contributed by atoms with Crippen molar-refractivity contribution in [3.05, 3.63) is 82.9 Å². The first-order valence-electron chi connectivity index (χ1n) is 17.4. The summed E-state index contributed by atoms with van der Waals surface area (Å²) in [7, 11) is 8.97. The predicted molar refractivity (Wildman–Crippen MR) is 191 cm³/mol. The Hall–Kier alpha value is -3.40. The van der Waals surface area contributed by atoms with Gasteiger partial charge in [0.05, 0.1) is 65.5 Å². The van der Waals surface area contributed by atoms with Crippen molar-refractivity contribution in [2.45, 2.75) is 53.4 Å². The number of hydrogen-bond acceptors (Lipinski definition) is 4. The fourth-order valence-corrected chi connectivity index (χ4v) is 8.47. The average molecular weight is 735 g/mol. The molecule has 5 rings (SSSR count). The van der Waals surface area contributed by atoms with Crippen LogP contribution < -0.4 is 17.0 Å². The molecule has 0 atom stereocenters. The molecule has 0 radical (unpaired) electrons. The number of hydrogen-bond donors (Lipinski definition) is 0. The molecule has 0 aromatic heterocycles. The molecular weight excluding hydrogens is 680 g/mol. The third-order valence-corrected chi connectivity index (χ3v) is 9.90. The predicted octanol–water partition coefficient (Wildman–Crippen LogP) is 3.50. The molecule has 0 spiro atoms. The summed E-state index contributed by atoms with van der Waals surface area (Å²) in [4.78, 5) is 55.7. The van der Waals surface area contributed by atoms with Crippen molar-refractivity contribution in [1.29, 1.82) is 0 Å². The maximum atomic E-state index is 13.5. The maximum absolute atomic E-state index is 13.5. The number of amides is 4. The number of rotatable bonds is 15. The number of nitrogens with zero attached hydrogens (tertiary/aromatic N) is 4. The van der Waals surface area contributed by atoms with Crippen molar-refractivity contribution < 1.29 is 45.1 Å². The fourth-order valence-electron chi connectivity index (χ4n) is 8.47. The number of quaternary nitrogens is 2. The first kappa shape index (κ1) is 38.4. The molecule has 2 heterocycles. The molecule has 9 heteroatoms. The largest absolute Gasteiger partial charge is 1.00 e. The Bertz CT molecular complexity index is 1660. The minimum absolute atomic E-state index is 0. The molecule has 3 aromatic carbocycles. The summed E-state index contributed by atoms with van der Waals surface area (Å²) in [5, 5.41) is 1.70. The summed E-state index contributed by atoms with van der Waals surface area (Å²) >= 11 is 0. The van der Waals surface area contributed by atoms with Gasteiger partial charge in [-0.25, -0.2) is 0 Å². The van der Waals surface area contributed by atoms with E-state index in [0.717, 1.165) is 71.6 Å². The van der Waals surface area contributed by atoms with Crippen LogP contribution in [-0.4, -0.2) is 110 Å². The topological polar surface area (TPSA) is 74.8 Å². The van der Waals surface area contributed by atoms with Gasteiger partial charge in [-0.1, -0.05) is 64.1 Å². The van der Waals surface area contributed by atoms with E-state index >= 15 is 0 Å². The second-order valence-electron chi connectivity index (χ2n) is 17.0. The molecule has 0 saturated carbocycles. The van der Waals surface area contributed by atoms with Crippen molar-refractivity contribution in [3.8, 4) is 0 Å². The normalized spacial score (nSPS) is 15.3. The van der Waals surface area contributed by atoms with Crippen LogP contribution in [0.1, 0.15) is 94.8 Å². The summed E-state index contributed by atoms with van der Waals surface area (Å²) in [6.45, 7) is 13.2. The van der Waals surface area contributed by atoms with Gasteiger partial charge >= 0.3 is 0 Å². The maximum Gasteiger partial charge on any atom is 0.261 e. The van der Waals surface area contributed by atoms with Crippen LogP contribution in [0, 0.1) is 10.8 Å². The summed E-state index contributed by atoms with van der Waals surface area (Å²) < 4.78 is 1.65. The molecule has 49 heavy (non-hydrogen) atoms. The molecule has 0 saturated heterocycles. The van der Waals surface area contributed by atoms with Crippen molar-refractivity contribution in [1.82, 2.24) is 9.80 Å². The lowest BCUT2D eigenvalue weighted by Gasteiger charge is -2.40. The smallest absolute Gasteiger partial charge is 0.261 e. The van der Waals surface area contributed by atoms with Crippen LogP contribution in [-0.2, 0) is 0 Å². The van der Waals surface area contributed by atoms with Gasteiger partial charge in [0.25, 0.3) is 23.6 Å². The van der Waals surface area contributed by atoms with Gasteiger partial charge in [-0.2, -0.15) is 0 Å². The SMILES string of the molecule is CC(C)(CN1C(=O)c2ccccc2C1=O)C[N+](C)(C)CCCCCC[N+](C)(C)CC(C)(C)CN1C(=O)c2cccc3cccc(c23)C1=O.[Br-]. The Kier molecular flexibility index (Phi) is 11.3. The highest BCUT2D eigenvalue weighted by atomic mass is 79.9. The molecular formula is C40H54BrN4O4+. The van der Waals surface area contributed by atoms with Crippen molar-refractivity contribution in [3.63, 3.8) is 0 Å². The summed E-state index contributed by atoms with van der Waals surface area (Å²) in [5.41, 5.74) is 1.77. The van der Waals surface area contributed by atoms with E-state index in [1.165, 1.54) is 9.80 Å². The van der Waals surface area contributed by atoms with E-state index in [1.807, 2.05) is 48.5 Å². The van der Waals surface area contributed by atoms with E-state index in [9.17, 15) is 19.2 Å². The highest BCUT2D eigenvalue weighted by Crippen LogP contribution is 2.33. The number of unbranched alkanes of at least 4 members (excludes halogenated alkanes) is 3. The zero-order valence-corrected chi connectivity index (χ0v) is 32.2. The molecule has 2 aliphatic rings. The Labute approximate surface area is 303 Å². The van der Waals surface area contributed by atoms with Gasteiger partial charge in [0.1, 0.15) is 0 Å². The molecule has 2 aliphatic heterocycles. The molecule has 3 aromatic rings. The second kappa shape index (κ2) is 14.4. The van der Waals surface area contributed by atoms with Gasteiger partial charge in [-0.15, -0.1) is 0 Å². The molecule has 0 unspecified atom stereocenters. The van der Waals surface area contributed by atoms with E-state index in [4.69, 9.17) is 0 Å². The highest BCUT2D eigenvalue weighted by Gasteiger charge is 2.41. The summed E-state index contributed by atoms with van der Waals surface area (Å²) in [5.74, 6) is -0.765. The molecule has 4 amide bonds. The average Bonchev–Trinajstić information content (AvgIpc) is 3.23. The van der Waals surface area contributed by atoms with Crippen LogP contribution in [0.5, 0.6) is 0 Å². The van der Waals surface area contributed by atoms with Crippen LogP contribution in [0.2, 0.25) is 0 Å². The zero-order chi connectivity index (χ0) is 35.1. The van der Waals surface area contributed by atoms with E-state index < -0.39 is 0 Å². The van der Waals surface area contributed by atoms with Crippen LogP contribution in [0.3, 0.4) is 0 Å². The van der Waals surface area contributed by atoms with Gasteiger partial charge in [0.15, 0.2) is 0 Å². The standard InChI is InChI=1S/C40H54N4O4.BrH/c1-39(2,25-41-35(45)30-19-11-12-20-31(30)36(41)46)27-43(5,6)23-13-9-10-14-24-44(7,8)28-40(3,4)26-42-37(47)32-21-15-17-29-18-16-22-33(34(29)32)38(42)48;/h11-12,15-22H,9-10,13-14,23-28H2,1-8H3;1H/q+2;/p-1. The number of benzene rings is 3. The molecule has 264 valence electrons. The Morgan fingerprint density at radius 1 is 0.510 bits per heavy atom. The van der Waals surface area contributed by atoms with Crippen LogP contribution in [0.4, 0.5) is 0 Å². The molecule has 0 bridgehead atoms. The molecule has 0 N–H and O–H groups in total. The fraction of sp³-hybridized carbons (Fsp3) is 0.500. The van der Waals surface area contributed by atoms with Crippen LogP contribution in [0.15, 0.2) is 60.7 Å². The van der Waals surface area contributed by atoms with Crippen molar-refractivity contribution in [2.24, 2.45) is 10.8 Å². The third kappa shape index (κ3) is 8.67. The van der Waals surface area contributed by atoms with Crippen LogP contribution in [0.25, 0.3) is 10.8 Å². The van der Waals surface area contributed by atoms with Gasteiger partial charge in [-0.3, -0.25) is 29.0 Å². The number of fused-ring (bicyclic) bond motifs is 1. The number of halogens is 1. The lowest BCUT2D eigenvalue weighted by molar-refractivity contribution is -0.897. The Morgan fingerprint density at radius 2 is 0.857 bits per heavy atom. The quantitative estimate of drug-likeness (QED) is 0.136. The lowest BCUT2D eigenvalue weighted by Crippen LogP contribution is -3.00.